The van der Waals surface area contributed by atoms with E-state index >= 15 is 0 Å². The van der Waals surface area contributed by atoms with Gasteiger partial charge < -0.3 is 11.1 Å². The Hall–Kier alpha value is -0.680. The molecule has 5 heteroatoms. The highest BCUT2D eigenvalue weighted by Crippen LogP contribution is 2.09. The summed E-state index contributed by atoms with van der Waals surface area (Å²) in [6.45, 7) is 3.91. The van der Waals surface area contributed by atoms with Gasteiger partial charge >= 0.3 is 0 Å². The van der Waals surface area contributed by atoms with Crippen molar-refractivity contribution in [2.45, 2.75) is 19.8 Å². The number of nitrogens with two attached hydrogens (primary N) is 1. The number of anilines is 1. The van der Waals surface area contributed by atoms with Crippen LogP contribution in [0.3, 0.4) is 0 Å². The average Bonchev–Trinajstić information content (AvgIpc) is 2.64. The molecule has 0 bridgehead atoms. The van der Waals surface area contributed by atoms with Crippen LogP contribution in [0.15, 0.2) is 5.51 Å². The Labute approximate surface area is 82.6 Å². The smallest absolute Gasteiger partial charge is 0.205 e. The van der Waals surface area contributed by atoms with Gasteiger partial charge in [0.2, 0.25) is 5.13 Å². The Morgan fingerprint density at radius 2 is 2.54 bits per heavy atom. The minimum atomic E-state index is 0.621. The monoisotopic (exact) mass is 200 g/mol. The second-order valence-corrected chi connectivity index (χ2v) is 3.99. The van der Waals surface area contributed by atoms with E-state index in [-0.39, 0.29) is 0 Å². The average molecular weight is 200 g/mol. The first-order chi connectivity index (χ1) is 6.33. The van der Waals surface area contributed by atoms with Gasteiger partial charge in [-0.1, -0.05) is 18.3 Å². The van der Waals surface area contributed by atoms with Crippen molar-refractivity contribution in [3.8, 4) is 0 Å². The molecule has 0 amide bonds. The predicted molar refractivity (Wildman–Crippen MR) is 55.9 cm³/mol. The van der Waals surface area contributed by atoms with Crippen LogP contribution in [0.2, 0.25) is 0 Å². The SMILES string of the molecule is CC(CN)CCCNc1nncs1. The van der Waals surface area contributed by atoms with Crippen LogP contribution in [0.4, 0.5) is 5.13 Å². The van der Waals surface area contributed by atoms with Crippen molar-refractivity contribution in [1.82, 2.24) is 10.2 Å². The van der Waals surface area contributed by atoms with Crippen LogP contribution in [0.5, 0.6) is 0 Å². The van der Waals surface area contributed by atoms with E-state index in [2.05, 4.69) is 22.4 Å². The van der Waals surface area contributed by atoms with Gasteiger partial charge in [0, 0.05) is 6.54 Å². The van der Waals surface area contributed by atoms with Crippen LogP contribution >= 0.6 is 11.3 Å². The van der Waals surface area contributed by atoms with Crippen LogP contribution in [-0.4, -0.2) is 23.3 Å². The molecular weight excluding hydrogens is 184 g/mol. The first-order valence-corrected chi connectivity index (χ1v) is 5.41. The number of nitrogens with zero attached hydrogens (tertiary/aromatic N) is 2. The van der Waals surface area contributed by atoms with Crippen molar-refractivity contribution < 1.29 is 0 Å². The van der Waals surface area contributed by atoms with Gasteiger partial charge in [-0.3, -0.25) is 0 Å². The fourth-order valence-electron chi connectivity index (χ4n) is 1.01. The summed E-state index contributed by atoms with van der Waals surface area (Å²) in [5, 5.41) is 11.7. The van der Waals surface area contributed by atoms with Crippen molar-refractivity contribution in [3.05, 3.63) is 5.51 Å². The van der Waals surface area contributed by atoms with Crippen molar-refractivity contribution in [3.63, 3.8) is 0 Å². The van der Waals surface area contributed by atoms with Gasteiger partial charge in [0.05, 0.1) is 0 Å². The molecule has 0 aromatic carbocycles. The van der Waals surface area contributed by atoms with Crippen LogP contribution < -0.4 is 11.1 Å². The summed E-state index contributed by atoms with van der Waals surface area (Å²) in [6, 6.07) is 0. The second kappa shape index (κ2) is 5.88. The topological polar surface area (TPSA) is 63.8 Å². The maximum atomic E-state index is 5.51. The summed E-state index contributed by atoms with van der Waals surface area (Å²) in [5.74, 6) is 0.621. The summed E-state index contributed by atoms with van der Waals surface area (Å²) >= 11 is 1.53. The molecule has 0 fully saturated rings. The fraction of sp³-hybridized carbons (Fsp3) is 0.750. The summed E-state index contributed by atoms with van der Waals surface area (Å²) in [5.41, 5.74) is 7.24. The Balaban J connectivity index is 2.02. The van der Waals surface area contributed by atoms with Gasteiger partial charge in [0.1, 0.15) is 5.51 Å². The molecule has 4 nitrogen and oxygen atoms in total. The highest BCUT2D eigenvalue weighted by atomic mass is 32.1. The Bertz CT molecular complexity index is 212. The van der Waals surface area contributed by atoms with Crippen molar-refractivity contribution in [2.24, 2.45) is 11.7 Å². The summed E-state index contributed by atoms with van der Waals surface area (Å²) in [7, 11) is 0. The molecule has 1 unspecified atom stereocenters. The predicted octanol–water partition coefficient (Wildman–Crippen LogP) is 1.32. The molecule has 0 saturated heterocycles. The first kappa shape index (κ1) is 10.4. The zero-order chi connectivity index (χ0) is 9.52. The lowest BCUT2D eigenvalue weighted by Gasteiger charge is -2.07. The van der Waals surface area contributed by atoms with Crippen molar-refractivity contribution in [2.75, 3.05) is 18.4 Å². The van der Waals surface area contributed by atoms with E-state index in [0.717, 1.165) is 24.6 Å². The second-order valence-electron chi connectivity index (χ2n) is 3.15. The van der Waals surface area contributed by atoms with Crippen LogP contribution in [0.25, 0.3) is 0 Å². The highest BCUT2D eigenvalue weighted by Gasteiger charge is 1.99. The molecule has 0 spiro atoms. The first-order valence-electron chi connectivity index (χ1n) is 4.53. The molecule has 1 atom stereocenters. The molecule has 0 radical (unpaired) electrons. The molecule has 1 heterocycles. The molecule has 3 N–H and O–H groups in total. The van der Waals surface area contributed by atoms with Crippen molar-refractivity contribution in [1.29, 1.82) is 0 Å². The third-order valence-corrected chi connectivity index (χ3v) is 2.56. The molecule has 0 aliphatic carbocycles. The Morgan fingerprint density at radius 3 is 3.15 bits per heavy atom. The number of aromatic nitrogens is 2. The largest absolute Gasteiger partial charge is 0.360 e. The normalized spacial score (nSPS) is 12.8. The van der Waals surface area contributed by atoms with E-state index in [1.165, 1.54) is 17.8 Å². The fourth-order valence-corrected chi connectivity index (χ4v) is 1.49. The van der Waals surface area contributed by atoms with Crippen LogP contribution in [0, 0.1) is 5.92 Å². The molecule has 13 heavy (non-hydrogen) atoms. The zero-order valence-electron chi connectivity index (χ0n) is 7.86. The van der Waals surface area contributed by atoms with E-state index in [0.29, 0.717) is 5.92 Å². The number of rotatable bonds is 6. The molecule has 0 saturated carbocycles. The number of hydrogen-bond donors (Lipinski definition) is 2. The van der Waals surface area contributed by atoms with Gasteiger partial charge in [-0.2, -0.15) is 0 Å². The van der Waals surface area contributed by atoms with E-state index < -0.39 is 0 Å². The van der Waals surface area contributed by atoms with Crippen LogP contribution in [-0.2, 0) is 0 Å². The van der Waals surface area contributed by atoms with Gasteiger partial charge in [0.25, 0.3) is 0 Å². The lowest BCUT2D eigenvalue weighted by Crippen LogP contribution is -2.12. The third kappa shape index (κ3) is 4.19. The van der Waals surface area contributed by atoms with Gasteiger partial charge in [0.15, 0.2) is 0 Å². The quantitative estimate of drug-likeness (QED) is 0.680. The molecule has 1 rings (SSSR count). The third-order valence-electron chi connectivity index (χ3n) is 1.91. The summed E-state index contributed by atoms with van der Waals surface area (Å²) in [6.07, 6.45) is 2.31. The standard InChI is InChI=1S/C8H16N4S/c1-7(5-9)3-2-4-10-8-12-11-6-13-8/h6-7H,2-5,9H2,1H3,(H,10,12). The van der Waals surface area contributed by atoms with E-state index in [1.54, 1.807) is 5.51 Å². The van der Waals surface area contributed by atoms with E-state index in [1.807, 2.05) is 0 Å². The molecule has 0 aliphatic heterocycles. The minimum absolute atomic E-state index is 0.621. The summed E-state index contributed by atoms with van der Waals surface area (Å²) in [4.78, 5) is 0. The highest BCUT2D eigenvalue weighted by molar-refractivity contribution is 7.13. The summed E-state index contributed by atoms with van der Waals surface area (Å²) < 4.78 is 0. The van der Waals surface area contributed by atoms with E-state index in [4.69, 9.17) is 5.73 Å². The lowest BCUT2D eigenvalue weighted by atomic mass is 10.1. The van der Waals surface area contributed by atoms with Gasteiger partial charge in [-0.25, -0.2) is 0 Å². The van der Waals surface area contributed by atoms with Gasteiger partial charge in [-0.15, -0.1) is 10.2 Å². The molecule has 1 aromatic heterocycles. The molecule has 1 aromatic rings. The molecule has 74 valence electrons. The number of hydrogen-bond acceptors (Lipinski definition) is 5. The molecule has 0 aliphatic rings. The van der Waals surface area contributed by atoms with Crippen LogP contribution in [0.1, 0.15) is 19.8 Å². The maximum absolute atomic E-state index is 5.51. The number of nitrogens with one attached hydrogen (secondary N) is 1. The minimum Gasteiger partial charge on any atom is -0.360 e. The Morgan fingerprint density at radius 1 is 1.69 bits per heavy atom. The van der Waals surface area contributed by atoms with E-state index in [9.17, 15) is 0 Å². The maximum Gasteiger partial charge on any atom is 0.205 e. The Kier molecular flexibility index (Phi) is 4.70. The zero-order valence-corrected chi connectivity index (χ0v) is 8.68. The van der Waals surface area contributed by atoms with Crippen molar-refractivity contribution >= 4 is 16.5 Å². The van der Waals surface area contributed by atoms with Gasteiger partial charge in [-0.05, 0) is 25.3 Å². The lowest BCUT2D eigenvalue weighted by molar-refractivity contribution is 0.529. The molecular formula is C8H16N4S.